The van der Waals surface area contributed by atoms with Crippen LogP contribution in [0.4, 0.5) is 5.69 Å². The van der Waals surface area contributed by atoms with Crippen molar-refractivity contribution in [2.45, 2.75) is 33.4 Å². The maximum absolute atomic E-state index is 12.1. The van der Waals surface area contributed by atoms with Gasteiger partial charge in [0, 0.05) is 18.4 Å². The van der Waals surface area contributed by atoms with Gasteiger partial charge in [-0.2, -0.15) is 5.10 Å². The van der Waals surface area contributed by atoms with Gasteiger partial charge < -0.3 is 10.3 Å². The Balaban J connectivity index is 2.36. The molecule has 0 saturated heterocycles. The van der Waals surface area contributed by atoms with Gasteiger partial charge in [-0.05, 0) is 48.3 Å². The molecule has 5 nitrogen and oxygen atoms in total. The Morgan fingerprint density at radius 3 is 2.74 bits per heavy atom. The van der Waals surface area contributed by atoms with Gasteiger partial charge in [-0.15, -0.1) is 0 Å². The van der Waals surface area contributed by atoms with Crippen LogP contribution in [0.25, 0.3) is 0 Å². The van der Waals surface area contributed by atoms with E-state index < -0.39 is 0 Å². The van der Waals surface area contributed by atoms with E-state index in [1.54, 1.807) is 10.8 Å². The van der Waals surface area contributed by atoms with Crippen molar-refractivity contribution in [2.24, 2.45) is 0 Å². The molecule has 2 aromatic heterocycles. The lowest BCUT2D eigenvalue weighted by molar-refractivity contribution is 0.523. The highest BCUT2D eigenvalue weighted by Crippen LogP contribution is 2.17. The molecule has 0 aliphatic heterocycles. The standard InChI is InChI=1S/C13H17BrN4O/c1-8(2)18-5-4-10(16-18)6-17-7-11(15)9(3)12(14)13(17)19/h4-5,7-8H,6,15H2,1-3H3. The SMILES string of the molecule is Cc1c(N)cn(Cc2ccn(C(C)C)n2)c(=O)c1Br. The van der Waals surface area contributed by atoms with Gasteiger partial charge in [0.05, 0.1) is 22.4 Å². The van der Waals surface area contributed by atoms with Gasteiger partial charge in [0.25, 0.3) is 5.56 Å². The van der Waals surface area contributed by atoms with E-state index in [-0.39, 0.29) is 5.56 Å². The summed E-state index contributed by atoms with van der Waals surface area (Å²) in [6.07, 6.45) is 3.58. The molecule has 0 saturated carbocycles. The topological polar surface area (TPSA) is 65.8 Å². The molecule has 0 unspecified atom stereocenters. The Hall–Kier alpha value is -1.56. The maximum atomic E-state index is 12.1. The van der Waals surface area contributed by atoms with E-state index in [4.69, 9.17) is 5.73 Å². The van der Waals surface area contributed by atoms with Crippen LogP contribution >= 0.6 is 15.9 Å². The van der Waals surface area contributed by atoms with Gasteiger partial charge >= 0.3 is 0 Å². The van der Waals surface area contributed by atoms with Crippen LogP contribution in [-0.4, -0.2) is 14.3 Å². The van der Waals surface area contributed by atoms with Crippen molar-refractivity contribution in [3.05, 3.63) is 44.5 Å². The molecule has 0 amide bonds. The van der Waals surface area contributed by atoms with E-state index in [1.807, 2.05) is 23.9 Å². The van der Waals surface area contributed by atoms with Crippen molar-refractivity contribution in [1.29, 1.82) is 0 Å². The summed E-state index contributed by atoms with van der Waals surface area (Å²) in [5, 5.41) is 4.43. The number of nitrogens with two attached hydrogens (primary N) is 1. The fourth-order valence-electron chi connectivity index (χ4n) is 1.78. The van der Waals surface area contributed by atoms with E-state index in [9.17, 15) is 4.79 Å². The highest BCUT2D eigenvalue weighted by molar-refractivity contribution is 9.10. The summed E-state index contributed by atoms with van der Waals surface area (Å²) >= 11 is 3.28. The van der Waals surface area contributed by atoms with E-state index in [2.05, 4.69) is 34.9 Å². The van der Waals surface area contributed by atoms with Gasteiger partial charge in [0.15, 0.2) is 0 Å². The van der Waals surface area contributed by atoms with Gasteiger partial charge in [-0.3, -0.25) is 9.48 Å². The number of hydrogen-bond donors (Lipinski definition) is 1. The summed E-state index contributed by atoms with van der Waals surface area (Å²) in [6, 6.07) is 2.22. The summed E-state index contributed by atoms with van der Waals surface area (Å²) in [6.45, 7) is 6.35. The van der Waals surface area contributed by atoms with Gasteiger partial charge in [0.1, 0.15) is 0 Å². The Kier molecular flexibility index (Phi) is 3.80. The lowest BCUT2D eigenvalue weighted by Crippen LogP contribution is -2.23. The maximum Gasteiger partial charge on any atom is 0.265 e. The van der Waals surface area contributed by atoms with Gasteiger partial charge in [-0.1, -0.05) is 0 Å². The molecule has 0 fully saturated rings. The third-order valence-corrected chi connectivity index (χ3v) is 3.96. The molecule has 0 aliphatic carbocycles. The largest absolute Gasteiger partial charge is 0.397 e. The number of nitrogens with zero attached hydrogens (tertiary/aromatic N) is 3. The van der Waals surface area contributed by atoms with Crippen LogP contribution < -0.4 is 11.3 Å². The van der Waals surface area contributed by atoms with Crippen LogP contribution in [0.15, 0.2) is 27.7 Å². The zero-order chi connectivity index (χ0) is 14.2. The fraction of sp³-hybridized carbons (Fsp3) is 0.385. The van der Waals surface area contributed by atoms with Crippen molar-refractivity contribution in [3.8, 4) is 0 Å². The molecular weight excluding hydrogens is 308 g/mol. The lowest BCUT2D eigenvalue weighted by atomic mass is 10.2. The van der Waals surface area contributed by atoms with Crippen molar-refractivity contribution >= 4 is 21.6 Å². The predicted octanol–water partition coefficient (Wildman–Crippen LogP) is 2.33. The second kappa shape index (κ2) is 5.21. The smallest absolute Gasteiger partial charge is 0.265 e. The van der Waals surface area contributed by atoms with Crippen LogP contribution in [0.2, 0.25) is 0 Å². The zero-order valence-electron chi connectivity index (χ0n) is 11.2. The minimum Gasteiger partial charge on any atom is -0.397 e. The predicted molar refractivity (Wildman–Crippen MR) is 79.3 cm³/mol. The number of hydrogen-bond acceptors (Lipinski definition) is 3. The van der Waals surface area contributed by atoms with Crippen LogP contribution in [0, 0.1) is 6.92 Å². The van der Waals surface area contributed by atoms with E-state index in [1.165, 1.54) is 0 Å². The molecule has 0 atom stereocenters. The molecular formula is C13H17BrN4O. The summed E-state index contributed by atoms with van der Waals surface area (Å²) in [4.78, 5) is 12.1. The molecule has 0 aliphatic rings. The average molecular weight is 325 g/mol. The second-order valence-corrected chi connectivity index (χ2v) is 5.63. The molecule has 0 aromatic carbocycles. The van der Waals surface area contributed by atoms with Crippen molar-refractivity contribution in [3.63, 3.8) is 0 Å². The average Bonchev–Trinajstić information content (AvgIpc) is 2.82. The Morgan fingerprint density at radius 1 is 1.47 bits per heavy atom. The molecule has 0 bridgehead atoms. The summed E-state index contributed by atoms with van der Waals surface area (Å²) in [5.41, 5.74) is 7.99. The van der Waals surface area contributed by atoms with Crippen LogP contribution in [0.3, 0.4) is 0 Å². The van der Waals surface area contributed by atoms with Gasteiger partial charge in [-0.25, -0.2) is 0 Å². The number of nitrogen functional groups attached to an aromatic ring is 1. The van der Waals surface area contributed by atoms with E-state index >= 15 is 0 Å². The zero-order valence-corrected chi connectivity index (χ0v) is 12.8. The number of halogens is 1. The van der Waals surface area contributed by atoms with Crippen molar-refractivity contribution in [1.82, 2.24) is 14.3 Å². The van der Waals surface area contributed by atoms with Crippen molar-refractivity contribution < 1.29 is 0 Å². The molecule has 102 valence electrons. The Bertz CT molecular complexity index is 657. The molecule has 0 radical (unpaired) electrons. The highest BCUT2D eigenvalue weighted by Gasteiger charge is 2.10. The summed E-state index contributed by atoms with van der Waals surface area (Å²) in [5.74, 6) is 0. The Morgan fingerprint density at radius 2 is 2.16 bits per heavy atom. The minimum atomic E-state index is -0.0919. The van der Waals surface area contributed by atoms with Crippen LogP contribution in [0.1, 0.15) is 31.1 Å². The first-order valence-electron chi connectivity index (χ1n) is 6.09. The number of anilines is 1. The first-order chi connectivity index (χ1) is 8.90. The third kappa shape index (κ3) is 2.73. The summed E-state index contributed by atoms with van der Waals surface area (Å²) in [7, 11) is 0. The van der Waals surface area contributed by atoms with Crippen molar-refractivity contribution in [2.75, 3.05) is 5.73 Å². The normalized spacial score (nSPS) is 11.2. The number of pyridine rings is 1. The fourth-order valence-corrected chi connectivity index (χ4v) is 2.23. The number of rotatable bonds is 3. The summed E-state index contributed by atoms with van der Waals surface area (Å²) < 4.78 is 3.95. The molecule has 2 heterocycles. The number of aromatic nitrogens is 3. The quantitative estimate of drug-likeness (QED) is 0.942. The van der Waals surface area contributed by atoms with Gasteiger partial charge in [0.2, 0.25) is 0 Å². The van der Waals surface area contributed by atoms with Crippen LogP contribution in [-0.2, 0) is 6.54 Å². The monoisotopic (exact) mass is 324 g/mol. The molecule has 2 rings (SSSR count). The molecule has 2 aromatic rings. The minimum absolute atomic E-state index is 0.0919. The first kappa shape index (κ1) is 13.9. The van der Waals surface area contributed by atoms with E-state index in [0.29, 0.717) is 22.7 Å². The molecule has 6 heteroatoms. The molecule has 0 spiro atoms. The molecule has 19 heavy (non-hydrogen) atoms. The third-order valence-electron chi connectivity index (χ3n) is 3.03. The second-order valence-electron chi connectivity index (χ2n) is 4.84. The lowest BCUT2D eigenvalue weighted by Gasteiger charge is -2.09. The van der Waals surface area contributed by atoms with Crippen LogP contribution in [0.5, 0.6) is 0 Å². The molecule has 2 N–H and O–H groups in total. The highest BCUT2D eigenvalue weighted by atomic mass is 79.9. The first-order valence-corrected chi connectivity index (χ1v) is 6.88. The Labute approximate surface area is 120 Å². The van der Waals surface area contributed by atoms with E-state index in [0.717, 1.165) is 11.3 Å².